The van der Waals surface area contributed by atoms with Crippen molar-refractivity contribution in [2.24, 2.45) is 11.8 Å². The first-order valence-corrected chi connectivity index (χ1v) is 9.76. The van der Waals surface area contributed by atoms with E-state index in [0.717, 1.165) is 17.7 Å². The third-order valence-corrected chi connectivity index (χ3v) is 5.17. The molecule has 2 rings (SSSR count). The van der Waals surface area contributed by atoms with E-state index in [1.807, 2.05) is 52.0 Å². The summed E-state index contributed by atoms with van der Waals surface area (Å²) in [6.07, 6.45) is 0.721. The quantitative estimate of drug-likeness (QED) is 0.721. The van der Waals surface area contributed by atoms with Crippen LogP contribution >= 0.6 is 11.3 Å². The fraction of sp³-hybridized carbons (Fsp3) is 0.474. The van der Waals surface area contributed by atoms with E-state index in [4.69, 9.17) is 4.74 Å². The van der Waals surface area contributed by atoms with Crippen LogP contribution in [0, 0.1) is 11.8 Å². The van der Waals surface area contributed by atoms with Crippen LogP contribution in [0.15, 0.2) is 24.3 Å². The third kappa shape index (κ3) is 5.50. The molecule has 0 radical (unpaired) electrons. The summed E-state index contributed by atoms with van der Waals surface area (Å²) in [6, 6.07) is 6.84. The highest BCUT2D eigenvalue weighted by Crippen LogP contribution is 2.28. The van der Waals surface area contributed by atoms with E-state index in [-0.39, 0.29) is 23.7 Å². The zero-order chi connectivity index (χ0) is 20.0. The monoisotopic (exact) mass is 390 g/mol. The molecule has 2 amide bonds. The van der Waals surface area contributed by atoms with Crippen molar-refractivity contribution in [1.82, 2.24) is 15.5 Å². The Bertz CT molecular complexity index is 791. The molecule has 0 aliphatic carbocycles. The van der Waals surface area contributed by atoms with Gasteiger partial charge in [0.05, 0.1) is 7.11 Å². The summed E-state index contributed by atoms with van der Waals surface area (Å²) >= 11 is 1.27. The maximum absolute atomic E-state index is 12.6. The maximum atomic E-state index is 12.6. The normalized spacial score (nSPS) is 13.1. The molecule has 8 heteroatoms. The average Bonchev–Trinajstić information content (AvgIpc) is 3.13. The molecular weight excluding hydrogens is 364 g/mol. The summed E-state index contributed by atoms with van der Waals surface area (Å²) in [5, 5.41) is 14.8. The number of methoxy groups -OCH3 is 1. The van der Waals surface area contributed by atoms with Gasteiger partial charge in [-0.1, -0.05) is 51.2 Å². The van der Waals surface area contributed by atoms with E-state index >= 15 is 0 Å². The number of benzene rings is 1. The molecule has 1 heterocycles. The van der Waals surface area contributed by atoms with Crippen LogP contribution in [0.1, 0.15) is 34.1 Å². The van der Waals surface area contributed by atoms with Gasteiger partial charge in [0.15, 0.2) is 0 Å². The summed E-state index contributed by atoms with van der Waals surface area (Å²) in [4.78, 5) is 24.8. The van der Waals surface area contributed by atoms with Gasteiger partial charge in [-0.05, 0) is 24.5 Å². The Morgan fingerprint density at radius 1 is 1.19 bits per heavy atom. The van der Waals surface area contributed by atoms with Crippen molar-refractivity contribution in [2.75, 3.05) is 12.4 Å². The minimum absolute atomic E-state index is 0.0521. The summed E-state index contributed by atoms with van der Waals surface area (Å²) in [7, 11) is 1.60. The van der Waals surface area contributed by atoms with Crippen molar-refractivity contribution in [3.63, 3.8) is 0 Å². The molecule has 0 fully saturated rings. The number of ether oxygens (including phenoxy) is 1. The van der Waals surface area contributed by atoms with Gasteiger partial charge in [0, 0.05) is 11.5 Å². The SMILES string of the molecule is CC[C@@H](C)C(=O)N[C@H](C(=O)Nc1nnc(-c2cccc(OC)c2)s1)C(C)C. The second-order valence-electron chi connectivity index (χ2n) is 6.67. The van der Waals surface area contributed by atoms with Crippen molar-refractivity contribution in [1.29, 1.82) is 0 Å². The molecule has 2 atom stereocenters. The Morgan fingerprint density at radius 2 is 1.93 bits per heavy atom. The van der Waals surface area contributed by atoms with Gasteiger partial charge < -0.3 is 10.1 Å². The number of rotatable bonds is 8. The van der Waals surface area contributed by atoms with E-state index in [2.05, 4.69) is 20.8 Å². The number of hydrogen-bond acceptors (Lipinski definition) is 6. The van der Waals surface area contributed by atoms with E-state index in [0.29, 0.717) is 10.1 Å². The van der Waals surface area contributed by atoms with Crippen LogP contribution in [0.2, 0.25) is 0 Å². The maximum Gasteiger partial charge on any atom is 0.249 e. The second-order valence-corrected chi connectivity index (χ2v) is 7.65. The van der Waals surface area contributed by atoms with Crippen molar-refractivity contribution >= 4 is 28.3 Å². The van der Waals surface area contributed by atoms with Crippen molar-refractivity contribution < 1.29 is 14.3 Å². The van der Waals surface area contributed by atoms with Gasteiger partial charge in [-0.25, -0.2) is 0 Å². The summed E-state index contributed by atoms with van der Waals surface area (Å²) in [5.74, 6) is 0.112. The Kier molecular flexibility index (Phi) is 7.29. The average molecular weight is 391 g/mol. The minimum atomic E-state index is -0.629. The predicted molar refractivity (Wildman–Crippen MR) is 107 cm³/mol. The number of nitrogens with zero attached hydrogens (tertiary/aromatic N) is 2. The summed E-state index contributed by atoms with van der Waals surface area (Å²) in [6.45, 7) is 7.57. The van der Waals surface area contributed by atoms with E-state index in [1.165, 1.54) is 11.3 Å². The molecule has 1 aromatic carbocycles. The Labute approximate surface area is 163 Å². The number of nitrogens with one attached hydrogen (secondary N) is 2. The van der Waals surface area contributed by atoms with Gasteiger partial charge in [-0.15, -0.1) is 10.2 Å². The van der Waals surface area contributed by atoms with Gasteiger partial charge in [0.1, 0.15) is 16.8 Å². The first-order valence-electron chi connectivity index (χ1n) is 8.94. The molecular formula is C19H26N4O3S. The van der Waals surface area contributed by atoms with Gasteiger partial charge in [-0.2, -0.15) is 0 Å². The molecule has 0 aliphatic heterocycles. The molecule has 27 heavy (non-hydrogen) atoms. The topological polar surface area (TPSA) is 93.2 Å². The zero-order valence-electron chi connectivity index (χ0n) is 16.3. The lowest BCUT2D eigenvalue weighted by atomic mass is 10.0. The first-order chi connectivity index (χ1) is 12.8. The number of hydrogen-bond donors (Lipinski definition) is 2. The van der Waals surface area contributed by atoms with Crippen molar-refractivity contribution in [3.05, 3.63) is 24.3 Å². The zero-order valence-corrected chi connectivity index (χ0v) is 17.1. The van der Waals surface area contributed by atoms with E-state index < -0.39 is 6.04 Å². The third-order valence-electron chi connectivity index (χ3n) is 4.28. The minimum Gasteiger partial charge on any atom is -0.497 e. The molecule has 7 nitrogen and oxygen atoms in total. The second kappa shape index (κ2) is 9.45. The molecule has 2 N–H and O–H groups in total. The Hall–Kier alpha value is -2.48. The van der Waals surface area contributed by atoms with Crippen LogP contribution < -0.4 is 15.4 Å². The highest BCUT2D eigenvalue weighted by Gasteiger charge is 2.26. The molecule has 0 bridgehead atoms. The summed E-state index contributed by atoms with van der Waals surface area (Å²) in [5.41, 5.74) is 0.859. The summed E-state index contributed by atoms with van der Waals surface area (Å²) < 4.78 is 5.22. The lowest BCUT2D eigenvalue weighted by molar-refractivity contribution is -0.129. The van der Waals surface area contributed by atoms with Gasteiger partial charge in [0.25, 0.3) is 0 Å². The van der Waals surface area contributed by atoms with Crippen LogP contribution in [0.4, 0.5) is 5.13 Å². The number of anilines is 1. The fourth-order valence-electron chi connectivity index (χ4n) is 2.35. The standard InChI is InChI=1S/C19H26N4O3S/c1-6-12(4)16(24)20-15(11(2)3)17(25)21-19-23-22-18(27-19)13-8-7-9-14(10-13)26-5/h7-12,15H,6H2,1-5H3,(H,20,24)(H,21,23,25)/t12-,15+/m1/s1. The van der Waals surface area contributed by atoms with Crippen molar-refractivity contribution in [2.45, 2.75) is 40.2 Å². The number of aromatic nitrogens is 2. The fourth-order valence-corrected chi connectivity index (χ4v) is 3.09. The van der Waals surface area contributed by atoms with Crippen LogP contribution in [0.25, 0.3) is 10.6 Å². The number of carbonyl (C=O) groups is 2. The molecule has 0 saturated carbocycles. The number of amides is 2. The van der Waals surface area contributed by atoms with Crippen LogP contribution in [-0.4, -0.2) is 35.2 Å². The van der Waals surface area contributed by atoms with Crippen LogP contribution in [0.5, 0.6) is 5.75 Å². The largest absolute Gasteiger partial charge is 0.497 e. The first kappa shape index (κ1) is 20.8. The molecule has 0 saturated heterocycles. The van der Waals surface area contributed by atoms with E-state index in [9.17, 15) is 9.59 Å². The molecule has 0 aliphatic rings. The Balaban J connectivity index is 2.09. The molecule has 0 unspecified atom stereocenters. The molecule has 0 spiro atoms. The lowest BCUT2D eigenvalue weighted by Gasteiger charge is -2.22. The van der Waals surface area contributed by atoms with Gasteiger partial charge >= 0.3 is 0 Å². The predicted octanol–water partition coefficient (Wildman–Crippen LogP) is 3.34. The van der Waals surface area contributed by atoms with Crippen molar-refractivity contribution in [3.8, 4) is 16.3 Å². The molecule has 2 aromatic rings. The van der Waals surface area contributed by atoms with E-state index in [1.54, 1.807) is 7.11 Å². The number of carbonyl (C=O) groups excluding carboxylic acids is 2. The molecule has 146 valence electrons. The highest BCUT2D eigenvalue weighted by molar-refractivity contribution is 7.18. The Morgan fingerprint density at radius 3 is 2.56 bits per heavy atom. The van der Waals surface area contributed by atoms with Crippen LogP contribution in [0.3, 0.4) is 0 Å². The lowest BCUT2D eigenvalue weighted by Crippen LogP contribution is -2.48. The van der Waals surface area contributed by atoms with Gasteiger partial charge in [0.2, 0.25) is 16.9 Å². The van der Waals surface area contributed by atoms with Gasteiger partial charge in [-0.3, -0.25) is 14.9 Å². The smallest absolute Gasteiger partial charge is 0.249 e. The highest BCUT2D eigenvalue weighted by atomic mass is 32.1. The van der Waals surface area contributed by atoms with Crippen LogP contribution in [-0.2, 0) is 9.59 Å². The molecule has 1 aromatic heterocycles.